The van der Waals surface area contributed by atoms with Crippen LogP contribution in [0, 0.1) is 0 Å². The number of benzene rings is 3. The number of phenolic OH excluding ortho intramolecular Hbond substituents is 1. The molecule has 0 spiro atoms. The van der Waals surface area contributed by atoms with Crippen LogP contribution in [0.2, 0.25) is 0 Å². The van der Waals surface area contributed by atoms with Crippen molar-refractivity contribution in [3.05, 3.63) is 70.1 Å². The van der Waals surface area contributed by atoms with Crippen molar-refractivity contribution in [3.63, 3.8) is 0 Å². The molecule has 30 heavy (non-hydrogen) atoms. The average Bonchev–Trinajstić information content (AvgIpc) is 2.75. The zero-order chi connectivity index (χ0) is 21.7. The Hall–Kier alpha value is -1.68. The molecule has 5 nitrogen and oxygen atoms in total. The van der Waals surface area contributed by atoms with Crippen molar-refractivity contribution >= 4 is 80.7 Å². The van der Waals surface area contributed by atoms with E-state index in [1.807, 2.05) is 0 Å². The van der Waals surface area contributed by atoms with E-state index in [1.54, 1.807) is 36.4 Å². The van der Waals surface area contributed by atoms with Gasteiger partial charge in [-0.3, -0.25) is 4.79 Å². The summed E-state index contributed by atoms with van der Waals surface area (Å²) in [6, 6.07) is 10.4. The topological polar surface area (TPSA) is 76.7 Å². The predicted octanol–water partition coefficient (Wildman–Crippen LogP) is 7.11. The van der Waals surface area contributed by atoms with Crippen LogP contribution in [-0.2, 0) is 4.74 Å². The van der Waals surface area contributed by atoms with E-state index in [-0.39, 0.29) is 21.4 Å². The number of halogens is 4. The molecule has 2 aromatic rings. The molecule has 152 valence electrons. The molecule has 0 saturated heterocycles. The van der Waals surface area contributed by atoms with Crippen LogP contribution in [0.1, 0.15) is 10.4 Å². The summed E-state index contributed by atoms with van der Waals surface area (Å²) in [6.07, 6.45) is 0. The van der Waals surface area contributed by atoms with Crippen molar-refractivity contribution in [3.8, 4) is 28.2 Å². The summed E-state index contributed by atoms with van der Waals surface area (Å²) in [5.74, 6) is -0.260. The SMILES string of the molecule is COC(=O)c1ccccc1-c1c2cc(Br)c(=O)c(Br)c-2oc2c(Br)c(O)c(Br)cc12. The molecule has 9 heteroatoms. The van der Waals surface area contributed by atoms with Crippen LogP contribution in [0.15, 0.2) is 63.5 Å². The molecule has 0 fully saturated rings. The molecular weight excluding hydrogens is 652 g/mol. The fourth-order valence-corrected chi connectivity index (χ4v) is 5.68. The Morgan fingerprint density at radius 1 is 1.00 bits per heavy atom. The molecular formula is C21H10Br4O5. The monoisotopic (exact) mass is 658 g/mol. The molecule has 1 N–H and O–H groups in total. The zero-order valence-electron chi connectivity index (χ0n) is 15.1. The fourth-order valence-electron chi connectivity index (χ4n) is 3.27. The van der Waals surface area contributed by atoms with E-state index in [0.29, 0.717) is 46.6 Å². The molecule has 0 saturated carbocycles. The van der Waals surface area contributed by atoms with E-state index in [9.17, 15) is 14.7 Å². The van der Waals surface area contributed by atoms with Gasteiger partial charge in [0.1, 0.15) is 14.7 Å². The summed E-state index contributed by atoms with van der Waals surface area (Å²) in [7, 11) is 1.32. The molecule has 0 amide bonds. The normalized spacial score (nSPS) is 11.2. The third-order valence-electron chi connectivity index (χ3n) is 4.62. The zero-order valence-corrected chi connectivity index (χ0v) is 21.4. The van der Waals surface area contributed by atoms with Crippen LogP contribution in [0.25, 0.3) is 33.4 Å². The Kier molecular flexibility index (Phi) is 5.82. The van der Waals surface area contributed by atoms with Crippen LogP contribution in [0.4, 0.5) is 0 Å². The quantitative estimate of drug-likeness (QED) is 0.183. The number of rotatable bonds is 2. The minimum Gasteiger partial charge on any atom is -0.505 e. The number of ether oxygens (including phenoxy) is 1. The fraction of sp³-hybridized carbons (Fsp3) is 0.0476. The molecule has 1 aliphatic heterocycles. The van der Waals surface area contributed by atoms with Crippen LogP contribution >= 0.6 is 63.7 Å². The molecule has 0 aromatic heterocycles. The van der Waals surface area contributed by atoms with E-state index in [0.717, 1.165) is 0 Å². The van der Waals surface area contributed by atoms with Crippen LogP contribution in [0.5, 0.6) is 5.75 Å². The highest BCUT2D eigenvalue weighted by Gasteiger charge is 2.27. The minimum absolute atomic E-state index is 0.0478. The van der Waals surface area contributed by atoms with E-state index >= 15 is 0 Å². The van der Waals surface area contributed by atoms with E-state index in [2.05, 4.69) is 63.7 Å². The number of carbonyl (C=O) groups is 1. The number of phenols is 1. The molecule has 1 aliphatic carbocycles. The van der Waals surface area contributed by atoms with Crippen molar-refractivity contribution in [1.29, 1.82) is 0 Å². The van der Waals surface area contributed by atoms with Gasteiger partial charge in [-0.2, -0.15) is 0 Å². The van der Waals surface area contributed by atoms with Gasteiger partial charge in [0.25, 0.3) is 0 Å². The van der Waals surface area contributed by atoms with Gasteiger partial charge in [-0.05, 0) is 87.5 Å². The van der Waals surface area contributed by atoms with Crippen molar-refractivity contribution in [2.45, 2.75) is 0 Å². The number of aromatic hydroxyl groups is 1. The summed E-state index contributed by atoms with van der Waals surface area (Å²) in [5.41, 5.74) is 2.23. The standard InChI is InChI=1S/C21H10Br4O5/c1-29-21(28)9-5-3-2-4-8(9)14-10-6-12(22)17(26)15(24)19(10)30-20-11(14)7-13(23)18(27)16(20)25/h2-7,26H,1H3. The van der Waals surface area contributed by atoms with Gasteiger partial charge in [-0.1, -0.05) is 18.2 Å². The lowest BCUT2D eigenvalue weighted by Crippen LogP contribution is -2.08. The molecule has 1 heterocycles. The predicted molar refractivity (Wildman–Crippen MR) is 128 cm³/mol. The first kappa shape index (κ1) is 21.5. The smallest absolute Gasteiger partial charge is 0.338 e. The highest BCUT2D eigenvalue weighted by Crippen LogP contribution is 2.49. The van der Waals surface area contributed by atoms with Gasteiger partial charge in [0.15, 0.2) is 11.3 Å². The Morgan fingerprint density at radius 3 is 2.40 bits per heavy atom. The largest absolute Gasteiger partial charge is 0.505 e. The number of hydrogen-bond acceptors (Lipinski definition) is 5. The Morgan fingerprint density at radius 2 is 1.70 bits per heavy atom. The number of fused-ring (bicyclic) bond motifs is 2. The Labute approximate surface area is 203 Å². The van der Waals surface area contributed by atoms with Crippen molar-refractivity contribution in [1.82, 2.24) is 0 Å². The van der Waals surface area contributed by atoms with E-state index in [1.165, 1.54) is 7.11 Å². The van der Waals surface area contributed by atoms with Gasteiger partial charge in [0.05, 0.1) is 21.6 Å². The average molecular weight is 662 g/mol. The second kappa shape index (κ2) is 8.11. The molecule has 2 aromatic carbocycles. The second-order valence-corrected chi connectivity index (χ2v) is 9.58. The molecule has 4 rings (SSSR count). The molecule has 0 unspecified atom stereocenters. The summed E-state index contributed by atoms with van der Waals surface area (Å²) >= 11 is 13.4. The van der Waals surface area contributed by atoms with Crippen molar-refractivity contribution in [2.75, 3.05) is 7.11 Å². The Bertz CT molecular complexity index is 1380. The van der Waals surface area contributed by atoms with Gasteiger partial charge in [-0.25, -0.2) is 4.79 Å². The summed E-state index contributed by atoms with van der Waals surface area (Å²) in [6.45, 7) is 0. The van der Waals surface area contributed by atoms with E-state index < -0.39 is 5.97 Å². The maximum atomic E-state index is 12.5. The highest BCUT2D eigenvalue weighted by molar-refractivity contribution is 9.11. The van der Waals surface area contributed by atoms with Gasteiger partial charge in [-0.15, -0.1) is 0 Å². The summed E-state index contributed by atoms with van der Waals surface area (Å²) in [5, 5.41) is 11.0. The number of hydrogen-bond donors (Lipinski definition) is 1. The molecule has 0 radical (unpaired) electrons. The van der Waals surface area contributed by atoms with Crippen molar-refractivity contribution in [2.24, 2.45) is 0 Å². The molecule has 0 atom stereocenters. The van der Waals surface area contributed by atoms with E-state index in [4.69, 9.17) is 9.15 Å². The molecule has 2 aliphatic rings. The molecule has 0 bridgehead atoms. The number of esters is 1. The van der Waals surface area contributed by atoms with Gasteiger partial charge in [0.2, 0.25) is 5.43 Å². The maximum Gasteiger partial charge on any atom is 0.338 e. The second-order valence-electron chi connectivity index (χ2n) is 6.29. The lowest BCUT2D eigenvalue weighted by Gasteiger charge is -2.19. The Balaban J connectivity index is 2.31. The highest BCUT2D eigenvalue weighted by atomic mass is 79.9. The summed E-state index contributed by atoms with van der Waals surface area (Å²) in [4.78, 5) is 25.0. The first-order chi connectivity index (χ1) is 14.3. The van der Waals surface area contributed by atoms with Crippen molar-refractivity contribution < 1.29 is 19.1 Å². The van der Waals surface area contributed by atoms with Crippen LogP contribution in [0.3, 0.4) is 0 Å². The minimum atomic E-state index is -0.497. The third-order valence-corrected chi connectivity index (χ3v) is 7.27. The van der Waals surface area contributed by atoms with Gasteiger partial charge < -0.3 is 14.3 Å². The number of methoxy groups -OCH3 is 1. The number of carbonyl (C=O) groups excluding carboxylic acids is 1. The third kappa shape index (κ3) is 3.32. The van der Waals surface area contributed by atoms with Crippen LogP contribution in [-0.4, -0.2) is 18.2 Å². The first-order valence-electron chi connectivity index (χ1n) is 8.39. The lowest BCUT2D eigenvalue weighted by atomic mass is 9.91. The first-order valence-corrected chi connectivity index (χ1v) is 11.6. The van der Waals surface area contributed by atoms with Crippen LogP contribution < -0.4 is 5.43 Å². The lowest BCUT2D eigenvalue weighted by molar-refractivity contribution is 0.0601. The maximum absolute atomic E-state index is 12.5. The van der Waals surface area contributed by atoms with Gasteiger partial charge >= 0.3 is 5.97 Å². The van der Waals surface area contributed by atoms with Gasteiger partial charge in [0, 0.05) is 16.5 Å². The summed E-state index contributed by atoms with van der Waals surface area (Å²) < 4.78 is 12.3.